The molecular formula is C23H43N7OS. The second-order valence-electron chi connectivity index (χ2n) is 7.84. The van der Waals surface area contributed by atoms with E-state index in [4.69, 9.17) is 10.00 Å². The molecule has 0 amide bonds. The van der Waals surface area contributed by atoms with E-state index < -0.39 is 0 Å². The minimum Gasteiger partial charge on any atom is -0.467 e. The van der Waals surface area contributed by atoms with Crippen LogP contribution in [0.2, 0.25) is 0 Å². The van der Waals surface area contributed by atoms with Gasteiger partial charge in [-0.3, -0.25) is 4.90 Å². The molecule has 1 N–H and O–H groups in total. The smallest absolute Gasteiger partial charge is 0.318 e. The van der Waals surface area contributed by atoms with Crippen molar-refractivity contribution in [1.29, 1.82) is 5.26 Å². The van der Waals surface area contributed by atoms with Gasteiger partial charge in [0.15, 0.2) is 0 Å². The SMILES string of the molecule is CC.CN1CCCC1.COc1nc2c(c(N3CCN(C)C(CC#N)C3)n1)CCNC2.CS. The molecule has 0 saturated carbocycles. The van der Waals surface area contributed by atoms with Crippen LogP contribution in [0.1, 0.15) is 44.4 Å². The highest BCUT2D eigenvalue weighted by molar-refractivity contribution is 7.79. The summed E-state index contributed by atoms with van der Waals surface area (Å²) in [6.07, 6.45) is 6.00. The number of nitriles is 1. The number of anilines is 1. The van der Waals surface area contributed by atoms with E-state index in [0.29, 0.717) is 12.4 Å². The van der Waals surface area contributed by atoms with Crippen molar-refractivity contribution in [2.75, 3.05) is 71.6 Å². The van der Waals surface area contributed by atoms with Gasteiger partial charge in [-0.1, -0.05) is 13.8 Å². The first-order valence-electron chi connectivity index (χ1n) is 11.7. The van der Waals surface area contributed by atoms with E-state index >= 15 is 0 Å². The topological polar surface area (TPSA) is 80.6 Å². The largest absolute Gasteiger partial charge is 0.467 e. The first-order valence-corrected chi connectivity index (χ1v) is 12.6. The lowest BCUT2D eigenvalue weighted by Crippen LogP contribution is -2.52. The highest BCUT2D eigenvalue weighted by Gasteiger charge is 2.28. The molecule has 4 rings (SSSR count). The summed E-state index contributed by atoms with van der Waals surface area (Å²) >= 11 is 3.53. The van der Waals surface area contributed by atoms with Crippen molar-refractivity contribution in [2.45, 2.75) is 52.1 Å². The third kappa shape index (κ3) is 8.39. The average Bonchev–Trinajstić information content (AvgIpc) is 3.34. The molecule has 0 radical (unpaired) electrons. The van der Waals surface area contributed by atoms with Gasteiger partial charge in [0.1, 0.15) is 5.82 Å². The minimum absolute atomic E-state index is 0.247. The van der Waals surface area contributed by atoms with Gasteiger partial charge in [-0.2, -0.15) is 27.9 Å². The maximum absolute atomic E-state index is 9.02. The van der Waals surface area contributed by atoms with Crippen molar-refractivity contribution < 1.29 is 4.74 Å². The number of likely N-dealkylation sites (N-methyl/N-ethyl adjacent to an activating group) is 1. The van der Waals surface area contributed by atoms with E-state index in [-0.39, 0.29) is 6.04 Å². The molecule has 1 aromatic rings. The Kier molecular flexibility index (Phi) is 14.3. The number of fused-ring (bicyclic) bond motifs is 1. The van der Waals surface area contributed by atoms with Crippen LogP contribution in [0, 0.1) is 11.3 Å². The number of ether oxygens (including phenoxy) is 1. The van der Waals surface area contributed by atoms with Crippen LogP contribution in [0.3, 0.4) is 0 Å². The Bertz CT molecular complexity index is 692. The number of hydrogen-bond donors (Lipinski definition) is 2. The van der Waals surface area contributed by atoms with E-state index in [1.54, 1.807) is 13.4 Å². The van der Waals surface area contributed by atoms with Gasteiger partial charge in [0.25, 0.3) is 0 Å². The van der Waals surface area contributed by atoms with Crippen molar-refractivity contribution >= 4 is 18.4 Å². The summed E-state index contributed by atoms with van der Waals surface area (Å²) in [5.74, 6) is 0.986. The fourth-order valence-corrected chi connectivity index (χ4v) is 4.01. The molecule has 8 nitrogen and oxygen atoms in total. The Labute approximate surface area is 200 Å². The predicted molar refractivity (Wildman–Crippen MR) is 136 cm³/mol. The lowest BCUT2D eigenvalue weighted by molar-refractivity contribution is 0.220. The van der Waals surface area contributed by atoms with Crippen LogP contribution in [0.4, 0.5) is 5.82 Å². The molecule has 4 heterocycles. The van der Waals surface area contributed by atoms with Crippen molar-refractivity contribution in [3.05, 3.63) is 11.3 Å². The normalized spacial score (nSPS) is 20.3. The van der Waals surface area contributed by atoms with Crippen molar-refractivity contribution in [1.82, 2.24) is 25.1 Å². The second-order valence-corrected chi connectivity index (χ2v) is 7.84. The lowest BCUT2D eigenvalue weighted by atomic mass is 10.0. The monoisotopic (exact) mass is 465 g/mol. The Morgan fingerprint density at radius 1 is 1.12 bits per heavy atom. The Balaban J connectivity index is 0.000000432. The molecule has 2 fully saturated rings. The fraction of sp³-hybridized carbons (Fsp3) is 0.783. The highest BCUT2D eigenvalue weighted by Crippen LogP contribution is 2.28. The van der Waals surface area contributed by atoms with Crippen LogP contribution in [0.5, 0.6) is 6.01 Å². The molecule has 182 valence electrons. The lowest BCUT2D eigenvalue weighted by Gasteiger charge is -2.40. The van der Waals surface area contributed by atoms with E-state index in [0.717, 1.165) is 50.7 Å². The maximum Gasteiger partial charge on any atom is 0.318 e. The number of piperazine rings is 1. The number of aromatic nitrogens is 2. The van der Waals surface area contributed by atoms with Crippen LogP contribution < -0.4 is 15.0 Å². The number of hydrogen-bond acceptors (Lipinski definition) is 9. The number of thiol groups is 1. The summed E-state index contributed by atoms with van der Waals surface area (Å²) in [4.78, 5) is 16.0. The predicted octanol–water partition coefficient (Wildman–Crippen LogP) is 2.45. The maximum atomic E-state index is 9.02. The van der Waals surface area contributed by atoms with Crippen LogP contribution >= 0.6 is 12.6 Å². The summed E-state index contributed by atoms with van der Waals surface area (Å²) in [5, 5.41) is 12.4. The molecule has 9 heteroatoms. The highest BCUT2D eigenvalue weighted by atomic mass is 32.1. The van der Waals surface area contributed by atoms with Crippen molar-refractivity contribution in [3.63, 3.8) is 0 Å². The van der Waals surface area contributed by atoms with Gasteiger partial charge in [-0.15, -0.1) is 0 Å². The molecule has 1 unspecified atom stereocenters. The zero-order chi connectivity index (χ0) is 23.9. The van der Waals surface area contributed by atoms with E-state index in [1.165, 1.54) is 31.5 Å². The standard InChI is InChI=1S/C15H22N6O.C5H11N.C2H6.CH4S/c1-20-7-8-21(10-11(20)3-5-16)14-12-4-6-17-9-13(12)18-15(19-14)22-2;1-6-4-2-3-5-6;2*1-2/h11,17H,3-4,6-10H2,1-2H3;2-5H2,1H3;1-2H3;2H,1H3. The first kappa shape index (κ1) is 28.4. The minimum atomic E-state index is 0.247. The van der Waals surface area contributed by atoms with Gasteiger partial charge >= 0.3 is 6.01 Å². The van der Waals surface area contributed by atoms with Gasteiger partial charge in [-0.25, -0.2) is 0 Å². The van der Waals surface area contributed by atoms with E-state index in [9.17, 15) is 0 Å². The zero-order valence-corrected chi connectivity index (χ0v) is 21.8. The summed E-state index contributed by atoms with van der Waals surface area (Å²) in [5.41, 5.74) is 2.25. The number of nitrogens with zero attached hydrogens (tertiary/aromatic N) is 6. The van der Waals surface area contributed by atoms with Gasteiger partial charge < -0.3 is 19.9 Å². The summed E-state index contributed by atoms with van der Waals surface area (Å²) < 4.78 is 5.27. The molecule has 1 aromatic heterocycles. The molecule has 0 aliphatic carbocycles. The molecule has 1 atom stereocenters. The summed E-state index contributed by atoms with van der Waals surface area (Å²) in [7, 11) is 5.86. The molecule has 0 aromatic carbocycles. The van der Waals surface area contributed by atoms with Gasteiger partial charge in [0.2, 0.25) is 0 Å². The fourth-order valence-electron chi connectivity index (χ4n) is 4.01. The van der Waals surface area contributed by atoms with Crippen LogP contribution in [0.15, 0.2) is 0 Å². The van der Waals surface area contributed by atoms with Crippen LogP contribution in [-0.2, 0) is 13.0 Å². The summed E-state index contributed by atoms with van der Waals surface area (Å²) in [6.45, 7) is 11.0. The average molecular weight is 466 g/mol. The first-order chi connectivity index (χ1) is 15.6. The quantitative estimate of drug-likeness (QED) is 0.659. The Hall–Kier alpha value is -1.60. The van der Waals surface area contributed by atoms with Gasteiger partial charge in [0, 0.05) is 37.8 Å². The van der Waals surface area contributed by atoms with E-state index in [2.05, 4.69) is 62.8 Å². The molecule has 3 aliphatic rings. The molecule has 3 aliphatic heterocycles. The third-order valence-corrected chi connectivity index (χ3v) is 5.81. The number of nitrogens with one attached hydrogen (secondary N) is 1. The Morgan fingerprint density at radius 3 is 2.38 bits per heavy atom. The zero-order valence-electron chi connectivity index (χ0n) is 20.9. The molecule has 0 bridgehead atoms. The molecular weight excluding hydrogens is 422 g/mol. The number of methoxy groups -OCH3 is 1. The number of likely N-dealkylation sites (tertiary alicyclic amines) is 1. The van der Waals surface area contributed by atoms with E-state index in [1.807, 2.05) is 13.8 Å². The molecule has 0 spiro atoms. The summed E-state index contributed by atoms with van der Waals surface area (Å²) in [6, 6.07) is 2.96. The Morgan fingerprint density at radius 2 is 1.81 bits per heavy atom. The van der Waals surface area contributed by atoms with Crippen molar-refractivity contribution in [3.8, 4) is 12.1 Å². The third-order valence-electron chi connectivity index (χ3n) is 5.81. The van der Waals surface area contributed by atoms with Crippen LogP contribution in [0.25, 0.3) is 0 Å². The van der Waals surface area contributed by atoms with Gasteiger partial charge in [0.05, 0.1) is 25.3 Å². The second kappa shape index (κ2) is 16.1. The molecule has 2 saturated heterocycles. The van der Waals surface area contributed by atoms with Gasteiger partial charge in [-0.05, 0) is 59.2 Å². The van der Waals surface area contributed by atoms with Crippen LogP contribution in [-0.4, -0.2) is 92.5 Å². The molecule has 32 heavy (non-hydrogen) atoms. The van der Waals surface area contributed by atoms with Crippen molar-refractivity contribution in [2.24, 2.45) is 0 Å². The number of rotatable bonds is 3.